The fourth-order valence-corrected chi connectivity index (χ4v) is 1.49. The first kappa shape index (κ1) is 11.7. The summed E-state index contributed by atoms with van der Waals surface area (Å²) in [6.45, 7) is 0.984. The van der Waals surface area contributed by atoms with Gasteiger partial charge in [0.1, 0.15) is 0 Å². The normalized spacial score (nSPS) is 23.8. The van der Waals surface area contributed by atoms with E-state index in [2.05, 4.69) is 5.32 Å². The van der Waals surface area contributed by atoms with Gasteiger partial charge < -0.3 is 10.4 Å². The molecule has 0 saturated carbocycles. The molecule has 72 valence electrons. The summed E-state index contributed by atoms with van der Waals surface area (Å²) in [5, 5.41) is 11.7. The summed E-state index contributed by atoms with van der Waals surface area (Å²) in [5.74, 6) is -0.690. The zero-order chi connectivity index (χ0) is 8.10. The fraction of sp³-hybridized carbons (Fsp3) is 0.875. The average molecular weight is 194 g/mol. The predicted molar refractivity (Wildman–Crippen MR) is 49.8 cm³/mol. The Labute approximate surface area is 78.9 Å². The van der Waals surface area contributed by atoms with Crippen LogP contribution in [0.3, 0.4) is 0 Å². The minimum absolute atomic E-state index is 0. The Balaban J connectivity index is 0.00000121. The number of rotatable bonds is 2. The van der Waals surface area contributed by atoms with Crippen LogP contribution < -0.4 is 5.32 Å². The molecule has 1 saturated heterocycles. The van der Waals surface area contributed by atoms with Crippen LogP contribution in [0.4, 0.5) is 0 Å². The average Bonchev–Trinajstić information content (AvgIpc) is 2.14. The first-order valence-electron chi connectivity index (χ1n) is 4.24. The van der Waals surface area contributed by atoms with Gasteiger partial charge in [-0.15, -0.1) is 12.4 Å². The maximum absolute atomic E-state index is 10.3. The maximum Gasteiger partial charge on any atom is 0.304 e. The molecule has 12 heavy (non-hydrogen) atoms. The Bertz CT molecular complexity index is 133. The van der Waals surface area contributed by atoms with E-state index in [1.165, 1.54) is 19.3 Å². The van der Waals surface area contributed by atoms with Gasteiger partial charge in [-0.2, -0.15) is 0 Å². The van der Waals surface area contributed by atoms with Crippen molar-refractivity contribution in [1.82, 2.24) is 5.32 Å². The number of carboxylic acid groups (broad SMARTS) is 1. The van der Waals surface area contributed by atoms with E-state index >= 15 is 0 Å². The molecule has 0 amide bonds. The number of carboxylic acids is 1. The predicted octanol–water partition coefficient (Wildman–Crippen LogP) is 1.42. The first-order valence-corrected chi connectivity index (χ1v) is 4.24. The van der Waals surface area contributed by atoms with Crippen LogP contribution >= 0.6 is 12.4 Å². The molecule has 0 aliphatic carbocycles. The third-order valence-corrected chi connectivity index (χ3v) is 2.08. The molecule has 1 aliphatic heterocycles. The highest BCUT2D eigenvalue weighted by Crippen LogP contribution is 2.10. The third-order valence-electron chi connectivity index (χ3n) is 2.08. The van der Waals surface area contributed by atoms with Crippen molar-refractivity contribution in [1.29, 1.82) is 0 Å². The zero-order valence-electron chi connectivity index (χ0n) is 7.08. The summed E-state index contributed by atoms with van der Waals surface area (Å²) >= 11 is 0. The van der Waals surface area contributed by atoms with Gasteiger partial charge in [-0.3, -0.25) is 4.79 Å². The van der Waals surface area contributed by atoms with Crippen molar-refractivity contribution in [2.45, 2.75) is 38.1 Å². The van der Waals surface area contributed by atoms with Gasteiger partial charge in [-0.25, -0.2) is 0 Å². The van der Waals surface area contributed by atoms with Crippen LogP contribution in [0.1, 0.15) is 32.1 Å². The van der Waals surface area contributed by atoms with E-state index in [9.17, 15) is 4.79 Å². The lowest BCUT2D eigenvalue weighted by Crippen LogP contribution is -2.30. The van der Waals surface area contributed by atoms with Gasteiger partial charge in [0.25, 0.3) is 0 Å². The minimum Gasteiger partial charge on any atom is -0.481 e. The Kier molecular flexibility index (Phi) is 6.11. The van der Waals surface area contributed by atoms with Crippen LogP contribution in [-0.2, 0) is 4.79 Å². The van der Waals surface area contributed by atoms with E-state index in [0.29, 0.717) is 0 Å². The van der Waals surface area contributed by atoms with Crippen molar-refractivity contribution in [3.05, 3.63) is 0 Å². The van der Waals surface area contributed by atoms with E-state index in [4.69, 9.17) is 5.11 Å². The Morgan fingerprint density at radius 1 is 1.42 bits per heavy atom. The number of hydrogen-bond donors (Lipinski definition) is 2. The second-order valence-electron chi connectivity index (χ2n) is 3.10. The van der Waals surface area contributed by atoms with Crippen LogP contribution in [0.15, 0.2) is 0 Å². The molecule has 0 aromatic rings. The Hall–Kier alpha value is -0.280. The highest BCUT2D eigenvalue weighted by Gasteiger charge is 2.13. The SMILES string of the molecule is Cl.O=C(O)CC1CCCCCN1. The third kappa shape index (κ3) is 4.57. The zero-order valence-corrected chi connectivity index (χ0v) is 7.90. The van der Waals surface area contributed by atoms with Gasteiger partial charge in [-0.1, -0.05) is 12.8 Å². The molecule has 3 nitrogen and oxygen atoms in total. The van der Waals surface area contributed by atoms with E-state index < -0.39 is 5.97 Å². The summed E-state index contributed by atoms with van der Waals surface area (Å²) in [4.78, 5) is 10.3. The fourth-order valence-electron chi connectivity index (χ4n) is 1.49. The van der Waals surface area contributed by atoms with Gasteiger partial charge in [-0.05, 0) is 19.4 Å². The van der Waals surface area contributed by atoms with Crippen molar-refractivity contribution in [2.24, 2.45) is 0 Å². The van der Waals surface area contributed by atoms with Crippen molar-refractivity contribution in [3.63, 3.8) is 0 Å². The number of aliphatic carboxylic acids is 1. The lowest BCUT2D eigenvalue weighted by molar-refractivity contribution is -0.137. The monoisotopic (exact) mass is 193 g/mol. The second-order valence-corrected chi connectivity index (χ2v) is 3.10. The Morgan fingerprint density at radius 2 is 2.17 bits per heavy atom. The number of carbonyl (C=O) groups is 1. The maximum atomic E-state index is 10.3. The lowest BCUT2D eigenvalue weighted by atomic mass is 10.1. The molecule has 2 N–H and O–H groups in total. The number of nitrogens with one attached hydrogen (secondary N) is 1. The summed E-state index contributed by atoms with van der Waals surface area (Å²) in [7, 11) is 0. The molecule has 4 heteroatoms. The van der Waals surface area contributed by atoms with Crippen molar-refractivity contribution < 1.29 is 9.90 Å². The van der Waals surface area contributed by atoms with Crippen LogP contribution in [0.5, 0.6) is 0 Å². The second kappa shape index (κ2) is 6.26. The van der Waals surface area contributed by atoms with Gasteiger partial charge in [0.2, 0.25) is 0 Å². The van der Waals surface area contributed by atoms with Gasteiger partial charge in [0.05, 0.1) is 6.42 Å². The molecule has 1 rings (SSSR count). The van der Waals surface area contributed by atoms with E-state index in [0.717, 1.165) is 13.0 Å². The topological polar surface area (TPSA) is 49.3 Å². The largest absolute Gasteiger partial charge is 0.481 e. The van der Waals surface area contributed by atoms with E-state index in [-0.39, 0.29) is 24.9 Å². The van der Waals surface area contributed by atoms with Crippen molar-refractivity contribution in [2.75, 3.05) is 6.54 Å². The summed E-state index contributed by atoms with van der Waals surface area (Å²) in [6.07, 6.45) is 4.90. The molecule has 0 aromatic heterocycles. The molecular formula is C8H16ClNO2. The number of hydrogen-bond acceptors (Lipinski definition) is 2. The molecule has 0 spiro atoms. The number of halogens is 1. The molecule has 0 bridgehead atoms. The molecular weight excluding hydrogens is 178 g/mol. The van der Waals surface area contributed by atoms with Crippen LogP contribution in [-0.4, -0.2) is 23.7 Å². The molecule has 1 aliphatic rings. The molecule has 1 heterocycles. The minimum atomic E-state index is -0.690. The highest BCUT2D eigenvalue weighted by molar-refractivity contribution is 5.85. The quantitative estimate of drug-likeness (QED) is 0.698. The van der Waals surface area contributed by atoms with Gasteiger partial charge >= 0.3 is 5.97 Å². The summed E-state index contributed by atoms with van der Waals surface area (Å²) < 4.78 is 0. The van der Waals surface area contributed by atoms with Gasteiger partial charge in [0, 0.05) is 6.04 Å². The first-order chi connectivity index (χ1) is 5.29. The molecule has 0 radical (unpaired) electrons. The molecule has 1 fully saturated rings. The molecule has 1 atom stereocenters. The standard InChI is InChI=1S/C8H15NO2.ClH/c10-8(11)6-7-4-2-1-3-5-9-7;/h7,9H,1-6H2,(H,10,11);1H. The van der Waals surface area contributed by atoms with Crippen LogP contribution in [0, 0.1) is 0 Å². The molecule has 0 aromatic carbocycles. The molecule has 1 unspecified atom stereocenters. The van der Waals surface area contributed by atoms with Crippen LogP contribution in [0.2, 0.25) is 0 Å². The van der Waals surface area contributed by atoms with Gasteiger partial charge in [0.15, 0.2) is 0 Å². The van der Waals surface area contributed by atoms with Crippen LogP contribution in [0.25, 0.3) is 0 Å². The smallest absolute Gasteiger partial charge is 0.304 e. The summed E-state index contributed by atoms with van der Waals surface area (Å²) in [6, 6.07) is 0.218. The lowest BCUT2D eigenvalue weighted by Gasteiger charge is -2.11. The van der Waals surface area contributed by atoms with E-state index in [1.807, 2.05) is 0 Å². The highest BCUT2D eigenvalue weighted by atomic mass is 35.5. The van der Waals surface area contributed by atoms with Crippen molar-refractivity contribution >= 4 is 18.4 Å². The van der Waals surface area contributed by atoms with E-state index in [1.54, 1.807) is 0 Å². The summed E-state index contributed by atoms with van der Waals surface area (Å²) in [5.41, 5.74) is 0. The Morgan fingerprint density at radius 3 is 2.83 bits per heavy atom. The van der Waals surface area contributed by atoms with Crippen molar-refractivity contribution in [3.8, 4) is 0 Å².